The Labute approximate surface area is 152 Å². The third kappa shape index (κ3) is 4.39. The van der Waals surface area contributed by atoms with Crippen LogP contribution >= 0.6 is 0 Å². The highest BCUT2D eigenvalue weighted by molar-refractivity contribution is 5.59. The summed E-state index contributed by atoms with van der Waals surface area (Å²) < 4.78 is 0. The van der Waals surface area contributed by atoms with E-state index in [2.05, 4.69) is 87.2 Å². The molecule has 0 heteroatoms. The lowest BCUT2D eigenvalue weighted by atomic mass is 9.88. The molecule has 1 aromatic carbocycles. The Morgan fingerprint density at radius 2 is 2.08 bits per heavy atom. The Bertz CT molecular complexity index is 793. The molecular weight excluding hydrogens is 300 g/mol. The second-order valence-corrected chi connectivity index (χ2v) is 7.05. The van der Waals surface area contributed by atoms with Gasteiger partial charge in [0.1, 0.15) is 0 Å². The topological polar surface area (TPSA) is 0 Å². The molecule has 0 saturated heterocycles. The van der Waals surface area contributed by atoms with Crippen LogP contribution in [0.3, 0.4) is 0 Å². The molecule has 3 rings (SSSR count). The Morgan fingerprint density at radius 1 is 1.24 bits per heavy atom. The highest BCUT2D eigenvalue weighted by Crippen LogP contribution is 2.34. The van der Waals surface area contributed by atoms with Gasteiger partial charge in [0.2, 0.25) is 0 Å². The molecule has 1 aromatic rings. The first-order chi connectivity index (χ1) is 12.2. The van der Waals surface area contributed by atoms with E-state index >= 15 is 0 Å². The van der Waals surface area contributed by atoms with Gasteiger partial charge in [-0.1, -0.05) is 80.3 Å². The highest BCUT2D eigenvalue weighted by atomic mass is 14.2. The van der Waals surface area contributed by atoms with Gasteiger partial charge in [-0.15, -0.1) is 0 Å². The molecule has 0 heterocycles. The second-order valence-electron chi connectivity index (χ2n) is 7.05. The summed E-state index contributed by atoms with van der Waals surface area (Å²) in [6.45, 7) is 8.71. The maximum absolute atomic E-state index is 4.28. The van der Waals surface area contributed by atoms with Crippen LogP contribution in [-0.4, -0.2) is 0 Å². The Hall–Kier alpha value is -2.34. The van der Waals surface area contributed by atoms with Gasteiger partial charge in [-0.05, 0) is 71.9 Å². The fourth-order valence-corrected chi connectivity index (χ4v) is 3.54. The van der Waals surface area contributed by atoms with Gasteiger partial charge >= 0.3 is 0 Å². The lowest BCUT2D eigenvalue weighted by molar-refractivity contribution is 0.627. The van der Waals surface area contributed by atoms with Crippen molar-refractivity contribution in [2.45, 2.75) is 39.5 Å². The predicted octanol–water partition coefficient (Wildman–Crippen LogP) is 7.12. The third-order valence-corrected chi connectivity index (χ3v) is 5.16. The van der Waals surface area contributed by atoms with Crippen molar-refractivity contribution in [3.8, 4) is 0 Å². The van der Waals surface area contributed by atoms with Crippen LogP contribution < -0.4 is 0 Å². The summed E-state index contributed by atoms with van der Waals surface area (Å²) in [5.74, 6) is 0.624. The molecule has 2 aliphatic rings. The van der Waals surface area contributed by atoms with Crippen molar-refractivity contribution in [1.29, 1.82) is 0 Å². The molecule has 0 bridgehead atoms. The maximum atomic E-state index is 4.28. The summed E-state index contributed by atoms with van der Waals surface area (Å²) in [6.07, 6.45) is 20.6. The Kier molecular flexibility index (Phi) is 5.71. The Morgan fingerprint density at radius 3 is 2.88 bits per heavy atom. The SMILES string of the molecule is C=C(/C=C\c1ccccc1C)/C=C1\CC(CC)C=CC2=C1C=CCC2. The molecule has 0 spiro atoms. The van der Waals surface area contributed by atoms with E-state index in [1.165, 1.54) is 34.3 Å². The van der Waals surface area contributed by atoms with E-state index in [1.54, 1.807) is 0 Å². The fourth-order valence-electron chi connectivity index (χ4n) is 3.54. The van der Waals surface area contributed by atoms with Crippen LogP contribution in [0.2, 0.25) is 0 Å². The molecule has 0 amide bonds. The van der Waals surface area contributed by atoms with Gasteiger partial charge in [-0.3, -0.25) is 0 Å². The van der Waals surface area contributed by atoms with E-state index in [0.29, 0.717) is 5.92 Å². The van der Waals surface area contributed by atoms with Crippen LogP contribution in [-0.2, 0) is 0 Å². The van der Waals surface area contributed by atoms with E-state index in [1.807, 2.05) is 0 Å². The van der Waals surface area contributed by atoms with Crippen molar-refractivity contribution < 1.29 is 0 Å². The first-order valence-corrected chi connectivity index (χ1v) is 9.39. The van der Waals surface area contributed by atoms with Crippen molar-refractivity contribution in [3.63, 3.8) is 0 Å². The maximum Gasteiger partial charge on any atom is -0.0192 e. The number of hydrogen-bond donors (Lipinski definition) is 0. The zero-order valence-corrected chi connectivity index (χ0v) is 15.5. The molecule has 0 nitrogen and oxygen atoms in total. The summed E-state index contributed by atoms with van der Waals surface area (Å²) in [5, 5.41) is 0. The van der Waals surface area contributed by atoms with Crippen LogP contribution in [0.5, 0.6) is 0 Å². The minimum atomic E-state index is 0.624. The zero-order valence-electron chi connectivity index (χ0n) is 15.5. The molecule has 1 atom stereocenters. The third-order valence-electron chi connectivity index (χ3n) is 5.16. The lowest BCUT2D eigenvalue weighted by Gasteiger charge is -2.16. The van der Waals surface area contributed by atoms with Gasteiger partial charge in [-0.2, -0.15) is 0 Å². The minimum absolute atomic E-state index is 0.624. The molecule has 0 radical (unpaired) electrons. The molecule has 25 heavy (non-hydrogen) atoms. The van der Waals surface area contributed by atoms with Crippen LogP contribution in [0, 0.1) is 12.8 Å². The van der Waals surface area contributed by atoms with Gasteiger partial charge in [-0.25, -0.2) is 0 Å². The number of benzene rings is 1. The van der Waals surface area contributed by atoms with E-state index < -0.39 is 0 Å². The summed E-state index contributed by atoms with van der Waals surface area (Å²) in [4.78, 5) is 0. The lowest BCUT2D eigenvalue weighted by Crippen LogP contribution is -1.99. The molecule has 0 saturated carbocycles. The van der Waals surface area contributed by atoms with Crippen molar-refractivity contribution in [2.75, 3.05) is 0 Å². The van der Waals surface area contributed by atoms with Gasteiger partial charge in [0.15, 0.2) is 0 Å². The minimum Gasteiger partial charge on any atom is -0.0918 e. The van der Waals surface area contributed by atoms with E-state index in [-0.39, 0.29) is 0 Å². The monoisotopic (exact) mass is 328 g/mol. The van der Waals surface area contributed by atoms with Crippen molar-refractivity contribution in [3.05, 3.63) is 101 Å². The van der Waals surface area contributed by atoms with Gasteiger partial charge in [0.05, 0.1) is 0 Å². The standard InChI is InChI=1S/C25H28/c1-4-21-14-16-23-11-7-8-12-25(23)24(18-21)17-19(2)13-15-22-10-6-5-9-20(22)3/h5-6,8-10,12-17,21H,2,4,7,11,18H2,1,3H3/b15-13-,24-17+. The first kappa shape index (κ1) is 17.5. The quantitative estimate of drug-likeness (QED) is 0.516. The van der Waals surface area contributed by atoms with Crippen LogP contribution in [0.1, 0.15) is 43.7 Å². The van der Waals surface area contributed by atoms with Gasteiger partial charge in [0, 0.05) is 0 Å². The van der Waals surface area contributed by atoms with Crippen molar-refractivity contribution >= 4 is 6.08 Å². The van der Waals surface area contributed by atoms with E-state index in [0.717, 1.165) is 24.8 Å². The smallest absolute Gasteiger partial charge is 0.0192 e. The molecule has 1 unspecified atom stereocenters. The fraction of sp³-hybridized carbons (Fsp3) is 0.280. The van der Waals surface area contributed by atoms with E-state index in [9.17, 15) is 0 Å². The van der Waals surface area contributed by atoms with Gasteiger partial charge < -0.3 is 0 Å². The number of aryl methyl sites for hydroxylation is 1. The normalized spacial score (nSPS) is 21.7. The Balaban J connectivity index is 1.86. The summed E-state index contributed by atoms with van der Waals surface area (Å²) in [7, 11) is 0. The van der Waals surface area contributed by atoms with Crippen LogP contribution in [0.4, 0.5) is 0 Å². The summed E-state index contributed by atoms with van der Waals surface area (Å²) in [5.41, 5.74) is 7.96. The molecule has 0 aromatic heterocycles. The van der Waals surface area contributed by atoms with Crippen LogP contribution in [0.15, 0.2) is 89.6 Å². The largest absolute Gasteiger partial charge is 0.0918 e. The number of hydrogen-bond acceptors (Lipinski definition) is 0. The molecule has 0 N–H and O–H groups in total. The molecule has 0 aliphatic heterocycles. The summed E-state index contributed by atoms with van der Waals surface area (Å²) >= 11 is 0. The summed E-state index contributed by atoms with van der Waals surface area (Å²) in [6, 6.07) is 8.46. The first-order valence-electron chi connectivity index (χ1n) is 9.39. The molecule has 0 fully saturated rings. The van der Waals surface area contributed by atoms with Gasteiger partial charge in [0.25, 0.3) is 0 Å². The second kappa shape index (κ2) is 8.16. The average molecular weight is 328 g/mol. The predicted molar refractivity (Wildman–Crippen MR) is 110 cm³/mol. The zero-order chi connectivity index (χ0) is 17.6. The number of rotatable bonds is 4. The molecular formula is C25H28. The molecule has 2 aliphatic carbocycles. The highest BCUT2D eigenvalue weighted by Gasteiger charge is 2.17. The average Bonchev–Trinajstić information content (AvgIpc) is 2.81. The molecule has 128 valence electrons. The number of allylic oxidation sites excluding steroid dienone is 10. The van der Waals surface area contributed by atoms with E-state index in [4.69, 9.17) is 0 Å². The van der Waals surface area contributed by atoms with Crippen LogP contribution in [0.25, 0.3) is 6.08 Å². The van der Waals surface area contributed by atoms with Crippen molar-refractivity contribution in [2.24, 2.45) is 5.92 Å². The van der Waals surface area contributed by atoms with Crippen molar-refractivity contribution in [1.82, 2.24) is 0 Å².